The van der Waals surface area contributed by atoms with E-state index < -0.39 is 11.6 Å². The van der Waals surface area contributed by atoms with E-state index in [2.05, 4.69) is 0 Å². The minimum atomic E-state index is -0.995. The molecule has 0 amide bonds. The summed E-state index contributed by atoms with van der Waals surface area (Å²) in [4.78, 5) is 22.6. The maximum absolute atomic E-state index is 11.5. The molecule has 4 heteroatoms. The number of fused-ring (bicyclic) bond motifs is 1. The molecule has 0 spiro atoms. The molecule has 0 aliphatic rings. The third-order valence-electron chi connectivity index (χ3n) is 3.27. The van der Waals surface area contributed by atoms with Gasteiger partial charge in [0.25, 0.3) is 0 Å². The summed E-state index contributed by atoms with van der Waals surface area (Å²) in [6, 6.07) is 17.1. The summed E-state index contributed by atoms with van der Waals surface area (Å²) < 4.78 is 5.06. The molecule has 0 bridgehead atoms. The zero-order valence-electron chi connectivity index (χ0n) is 11.5. The van der Waals surface area contributed by atoms with Crippen molar-refractivity contribution in [1.82, 2.24) is 0 Å². The number of rotatable bonds is 3. The van der Waals surface area contributed by atoms with Gasteiger partial charge in [-0.15, -0.1) is 0 Å². The predicted molar refractivity (Wildman–Crippen MR) is 84.4 cm³/mol. The second-order valence-corrected chi connectivity index (χ2v) is 4.78. The second-order valence-electron chi connectivity index (χ2n) is 4.78. The monoisotopic (exact) mass is 292 g/mol. The normalized spacial score (nSPS) is 11.5. The molecule has 22 heavy (non-hydrogen) atoms. The van der Waals surface area contributed by atoms with Crippen molar-refractivity contribution in [2.45, 2.75) is 0 Å². The lowest BCUT2D eigenvalue weighted by Gasteiger charge is -2.04. The van der Waals surface area contributed by atoms with Crippen molar-refractivity contribution in [1.29, 1.82) is 0 Å². The molecule has 0 fully saturated rings. The lowest BCUT2D eigenvalue weighted by molar-refractivity contribution is -0.130. The molecule has 0 saturated carbocycles. The van der Waals surface area contributed by atoms with Gasteiger partial charge in [0.15, 0.2) is 0 Å². The van der Waals surface area contributed by atoms with Crippen molar-refractivity contribution < 1.29 is 14.3 Å². The van der Waals surface area contributed by atoms with Gasteiger partial charge in [-0.2, -0.15) is 0 Å². The molecular weight excluding hydrogens is 280 g/mol. The lowest BCUT2D eigenvalue weighted by atomic mass is 10.0. The van der Waals surface area contributed by atoms with Crippen LogP contribution in [0.15, 0.2) is 69.9 Å². The third kappa shape index (κ3) is 2.81. The van der Waals surface area contributed by atoms with Crippen molar-refractivity contribution >= 4 is 28.6 Å². The first-order valence-electron chi connectivity index (χ1n) is 6.68. The first kappa shape index (κ1) is 13.8. The quantitative estimate of drug-likeness (QED) is 0.456. The van der Waals surface area contributed by atoms with Crippen LogP contribution in [0.1, 0.15) is 11.1 Å². The fraction of sp³-hybridized carbons (Fsp3) is 0. The number of carboxylic acids is 1. The van der Waals surface area contributed by atoms with E-state index in [0.29, 0.717) is 11.1 Å². The first-order valence-corrected chi connectivity index (χ1v) is 6.68. The molecule has 1 heterocycles. The Labute approximate surface area is 125 Å². The van der Waals surface area contributed by atoms with E-state index in [1.54, 1.807) is 54.6 Å². The van der Waals surface area contributed by atoms with E-state index in [1.165, 1.54) is 6.07 Å². The summed E-state index contributed by atoms with van der Waals surface area (Å²) in [5.74, 6) is -0.995. The van der Waals surface area contributed by atoms with Gasteiger partial charge in [0.2, 0.25) is 0 Å². The molecule has 0 aliphatic heterocycles. The molecule has 4 nitrogen and oxygen atoms in total. The summed E-state index contributed by atoms with van der Waals surface area (Å²) in [7, 11) is 0. The number of benzene rings is 2. The van der Waals surface area contributed by atoms with Crippen LogP contribution in [0, 0.1) is 0 Å². The third-order valence-corrected chi connectivity index (χ3v) is 3.27. The van der Waals surface area contributed by atoms with Gasteiger partial charge in [-0.1, -0.05) is 36.4 Å². The predicted octanol–water partition coefficient (Wildman–Crippen LogP) is 3.42. The van der Waals surface area contributed by atoms with Crippen LogP contribution in [0.25, 0.3) is 22.6 Å². The minimum absolute atomic E-state index is 0.206. The van der Waals surface area contributed by atoms with Gasteiger partial charge in [0.05, 0.1) is 5.57 Å². The van der Waals surface area contributed by atoms with Crippen LogP contribution in [-0.2, 0) is 4.79 Å². The van der Waals surface area contributed by atoms with E-state index in [-0.39, 0.29) is 5.57 Å². The largest absolute Gasteiger partial charge is 0.478 e. The van der Waals surface area contributed by atoms with Crippen molar-refractivity contribution in [2.75, 3.05) is 0 Å². The highest BCUT2D eigenvalue weighted by molar-refractivity contribution is 6.20. The average molecular weight is 292 g/mol. The highest BCUT2D eigenvalue weighted by atomic mass is 16.4. The highest BCUT2D eigenvalue weighted by Gasteiger charge is 2.10. The highest BCUT2D eigenvalue weighted by Crippen LogP contribution is 2.21. The Morgan fingerprint density at radius 2 is 1.77 bits per heavy atom. The van der Waals surface area contributed by atoms with Gasteiger partial charge in [-0.3, -0.25) is 0 Å². The topological polar surface area (TPSA) is 67.5 Å². The molecule has 0 radical (unpaired) electrons. The van der Waals surface area contributed by atoms with Gasteiger partial charge in [-0.25, -0.2) is 9.59 Å². The average Bonchev–Trinajstić information content (AvgIpc) is 2.53. The first-order chi connectivity index (χ1) is 10.6. The Kier molecular flexibility index (Phi) is 3.58. The number of hydrogen-bond acceptors (Lipinski definition) is 3. The molecular formula is C18H12O4. The van der Waals surface area contributed by atoms with E-state index in [0.717, 1.165) is 10.9 Å². The van der Waals surface area contributed by atoms with Crippen LogP contribution >= 0.6 is 0 Å². The number of carboxylic acid groups (broad SMARTS) is 1. The van der Waals surface area contributed by atoms with E-state index in [1.807, 2.05) is 6.07 Å². The van der Waals surface area contributed by atoms with Gasteiger partial charge in [-0.05, 0) is 35.4 Å². The fourth-order valence-electron chi connectivity index (χ4n) is 2.23. The Morgan fingerprint density at radius 1 is 1.00 bits per heavy atom. The SMILES string of the molecule is O=C(O)C(=Cc1ccc2oc(=O)ccc2c1)c1ccccc1. The van der Waals surface area contributed by atoms with E-state index >= 15 is 0 Å². The van der Waals surface area contributed by atoms with Crippen molar-refractivity contribution in [2.24, 2.45) is 0 Å². The zero-order valence-corrected chi connectivity index (χ0v) is 11.5. The van der Waals surface area contributed by atoms with Crippen molar-refractivity contribution in [3.8, 4) is 0 Å². The van der Waals surface area contributed by atoms with Crippen LogP contribution in [-0.4, -0.2) is 11.1 Å². The summed E-state index contributed by atoms with van der Waals surface area (Å²) in [5, 5.41) is 10.2. The van der Waals surface area contributed by atoms with Gasteiger partial charge in [0, 0.05) is 11.5 Å². The molecule has 0 atom stereocenters. The molecule has 0 unspecified atom stereocenters. The standard InChI is InChI=1S/C18H12O4/c19-17-9-7-14-10-12(6-8-16(14)22-17)11-15(18(20)21)13-4-2-1-3-5-13/h1-11H,(H,20,21). The molecule has 0 saturated heterocycles. The molecule has 0 aliphatic carbocycles. The van der Waals surface area contributed by atoms with E-state index in [9.17, 15) is 14.7 Å². The van der Waals surface area contributed by atoms with Crippen LogP contribution in [0.3, 0.4) is 0 Å². The molecule has 2 aromatic carbocycles. The Morgan fingerprint density at radius 3 is 2.50 bits per heavy atom. The molecule has 108 valence electrons. The van der Waals surface area contributed by atoms with Gasteiger partial charge in [0.1, 0.15) is 5.58 Å². The number of hydrogen-bond donors (Lipinski definition) is 1. The van der Waals surface area contributed by atoms with E-state index in [4.69, 9.17) is 4.42 Å². The van der Waals surface area contributed by atoms with Crippen LogP contribution in [0.4, 0.5) is 0 Å². The maximum atomic E-state index is 11.5. The Hall–Kier alpha value is -3.14. The summed E-state index contributed by atoms with van der Waals surface area (Å²) in [5.41, 5.74) is 1.63. The maximum Gasteiger partial charge on any atom is 0.336 e. The van der Waals surface area contributed by atoms with Gasteiger partial charge < -0.3 is 9.52 Å². The zero-order chi connectivity index (χ0) is 15.5. The second kappa shape index (κ2) is 5.69. The minimum Gasteiger partial charge on any atom is -0.478 e. The smallest absolute Gasteiger partial charge is 0.336 e. The summed E-state index contributed by atoms with van der Waals surface area (Å²) >= 11 is 0. The van der Waals surface area contributed by atoms with Crippen LogP contribution in [0.5, 0.6) is 0 Å². The number of carbonyl (C=O) groups is 1. The molecule has 1 N–H and O–H groups in total. The lowest BCUT2D eigenvalue weighted by Crippen LogP contribution is -1.99. The van der Waals surface area contributed by atoms with Crippen molar-refractivity contribution in [3.05, 3.63) is 82.2 Å². The molecule has 3 rings (SSSR count). The van der Waals surface area contributed by atoms with Crippen LogP contribution < -0.4 is 5.63 Å². The van der Waals surface area contributed by atoms with Gasteiger partial charge >= 0.3 is 11.6 Å². The van der Waals surface area contributed by atoms with Crippen LogP contribution in [0.2, 0.25) is 0 Å². The Bertz CT molecular complexity index is 920. The molecule has 1 aromatic heterocycles. The summed E-state index contributed by atoms with van der Waals surface area (Å²) in [6.45, 7) is 0. The molecule has 3 aromatic rings. The number of aliphatic carboxylic acids is 1. The Balaban J connectivity index is 2.10. The fourth-order valence-corrected chi connectivity index (χ4v) is 2.23. The van der Waals surface area contributed by atoms with Crippen molar-refractivity contribution in [3.63, 3.8) is 0 Å². The summed E-state index contributed by atoms with van der Waals surface area (Å²) in [6.07, 6.45) is 1.60.